The number of aliphatic hydroxyl groups is 4. The Kier molecular flexibility index (Phi) is 11.5. The summed E-state index contributed by atoms with van der Waals surface area (Å²) in [6.07, 6.45) is -2.05. The topological polar surface area (TPSA) is 216 Å². The van der Waals surface area contributed by atoms with E-state index in [0.29, 0.717) is 19.3 Å². The standard InChI is InChI=1S/C27H48N4O8/c1-4-14-6-7-16(29)21(10-14)38-24-17(30)11-18(31-19(12-32)20(33)8-9-28)25(23(24)35)39-26-22(34)15(5-2)27(3,36)13-37-26/h6,15-18,20-26,31,33-36H,4-5,7-11,13,28-30H2,1-3H3/t15-,16-,17+,18-,20+,21+,22-,23+,24-,25+,26-,27+/m1/s1. The summed E-state index contributed by atoms with van der Waals surface area (Å²) in [7, 11) is 0. The van der Waals surface area contributed by atoms with Crippen molar-refractivity contribution in [2.45, 2.75) is 126 Å². The second-order valence-corrected chi connectivity index (χ2v) is 11.4. The molecule has 12 nitrogen and oxygen atoms in total. The average Bonchev–Trinajstić information content (AvgIpc) is 2.89. The van der Waals surface area contributed by atoms with Gasteiger partial charge in [-0.1, -0.05) is 25.5 Å². The molecule has 39 heavy (non-hydrogen) atoms. The highest BCUT2D eigenvalue weighted by Crippen LogP contribution is 2.36. The molecule has 0 spiro atoms. The lowest BCUT2D eigenvalue weighted by Gasteiger charge is -2.49. The molecule has 0 aromatic rings. The minimum Gasteiger partial charge on any atom is -0.388 e. The van der Waals surface area contributed by atoms with E-state index in [1.54, 1.807) is 12.9 Å². The van der Waals surface area contributed by atoms with Crippen LogP contribution in [0.2, 0.25) is 0 Å². The third kappa shape index (κ3) is 7.46. The van der Waals surface area contributed by atoms with Crippen LogP contribution in [0.4, 0.5) is 0 Å². The molecule has 1 saturated carbocycles. The molecule has 2 aliphatic carbocycles. The van der Waals surface area contributed by atoms with Gasteiger partial charge in [0.05, 0.1) is 24.4 Å². The van der Waals surface area contributed by atoms with Gasteiger partial charge in [-0.3, -0.25) is 0 Å². The summed E-state index contributed by atoms with van der Waals surface area (Å²) in [5.74, 6) is 1.19. The van der Waals surface area contributed by atoms with Crippen molar-refractivity contribution in [2.75, 3.05) is 13.2 Å². The van der Waals surface area contributed by atoms with Crippen molar-refractivity contribution in [3.63, 3.8) is 0 Å². The normalized spacial score (nSPS) is 41.8. The minimum atomic E-state index is -1.30. The van der Waals surface area contributed by atoms with Gasteiger partial charge in [-0.2, -0.15) is 0 Å². The molecule has 1 heterocycles. The van der Waals surface area contributed by atoms with E-state index in [9.17, 15) is 25.2 Å². The summed E-state index contributed by atoms with van der Waals surface area (Å²) in [4.78, 5) is 11.7. The van der Waals surface area contributed by atoms with Crippen LogP contribution in [-0.4, -0.2) is 106 Å². The molecule has 2 fully saturated rings. The predicted molar refractivity (Wildman–Crippen MR) is 144 cm³/mol. The molecule has 0 bridgehead atoms. The molecule has 0 radical (unpaired) electrons. The Bertz CT molecular complexity index is 882. The zero-order valence-corrected chi connectivity index (χ0v) is 23.2. The van der Waals surface area contributed by atoms with E-state index in [0.717, 1.165) is 6.42 Å². The second kappa shape index (κ2) is 14.0. The first-order chi connectivity index (χ1) is 18.5. The van der Waals surface area contributed by atoms with Gasteiger partial charge in [0.15, 0.2) is 6.29 Å². The third-order valence-corrected chi connectivity index (χ3v) is 8.41. The van der Waals surface area contributed by atoms with E-state index in [-0.39, 0.29) is 43.8 Å². The van der Waals surface area contributed by atoms with Crippen LogP contribution in [0.3, 0.4) is 0 Å². The Morgan fingerprint density at radius 1 is 1.23 bits per heavy atom. The molecule has 3 aliphatic rings. The van der Waals surface area contributed by atoms with E-state index in [4.69, 9.17) is 31.4 Å². The van der Waals surface area contributed by atoms with Gasteiger partial charge >= 0.3 is 0 Å². The van der Waals surface area contributed by atoms with Crippen LogP contribution in [0.5, 0.6) is 0 Å². The number of nitrogens with two attached hydrogens (primary N) is 3. The number of ether oxygens (including phenoxy) is 3. The monoisotopic (exact) mass is 556 g/mol. The molecule has 11 N–H and O–H groups in total. The molecule has 3 rings (SSSR count). The van der Waals surface area contributed by atoms with Gasteiger partial charge in [0.2, 0.25) is 0 Å². The van der Waals surface area contributed by atoms with Gasteiger partial charge < -0.3 is 57.2 Å². The van der Waals surface area contributed by atoms with E-state index in [2.05, 4.69) is 18.3 Å². The summed E-state index contributed by atoms with van der Waals surface area (Å²) in [5.41, 5.74) is 18.2. The van der Waals surface area contributed by atoms with Crippen molar-refractivity contribution in [2.24, 2.45) is 23.1 Å². The largest absolute Gasteiger partial charge is 0.388 e. The van der Waals surface area contributed by atoms with Gasteiger partial charge in [-0.15, -0.1) is 0 Å². The highest BCUT2D eigenvalue weighted by molar-refractivity contribution is 5.53. The molecule has 0 unspecified atom stereocenters. The lowest BCUT2D eigenvalue weighted by Crippen LogP contribution is -2.67. The van der Waals surface area contributed by atoms with Gasteiger partial charge in [0.1, 0.15) is 42.2 Å². The quantitative estimate of drug-likeness (QED) is 0.108. The number of aliphatic hydroxyl groups excluding tert-OH is 3. The highest BCUT2D eigenvalue weighted by atomic mass is 16.7. The van der Waals surface area contributed by atoms with Crippen molar-refractivity contribution >= 4 is 5.94 Å². The van der Waals surface area contributed by atoms with E-state index >= 15 is 0 Å². The molecular weight excluding hydrogens is 508 g/mol. The maximum atomic E-state index is 11.7. The molecule has 0 aromatic heterocycles. The van der Waals surface area contributed by atoms with E-state index < -0.39 is 60.4 Å². The number of carbonyl (C=O) groups excluding carboxylic acids is 1. The fourth-order valence-electron chi connectivity index (χ4n) is 5.99. The molecule has 0 aromatic carbocycles. The van der Waals surface area contributed by atoms with Gasteiger partial charge in [0, 0.05) is 18.0 Å². The first kappa shape index (κ1) is 32.1. The van der Waals surface area contributed by atoms with Crippen molar-refractivity contribution in [3.05, 3.63) is 17.3 Å². The third-order valence-electron chi connectivity index (χ3n) is 8.41. The maximum Gasteiger partial charge on any atom is 0.184 e. The number of hydrogen-bond acceptors (Lipinski definition) is 12. The van der Waals surface area contributed by atoms with Gasteiger partial charge in [-0.25, -0.2) is 4.79 Å². The van der Waals surface area contributed by atoms with Crippen molar-refractivity contribution in [1.82, 2.24) is 5.32 Å². The Hall–Kier alpha value is -1.41. The zero-order chi connectivity index (χ0) is 28.9. The van der Waals surface area contributed by atoms with Gasteiger partial charge in [-0.05, 0) is 52.0 Å². The number of rotatable bonds is 11. The van der Waals surface area contributed by atoms with Crippen LogP contribution in [0, 0.1) is 5.92 Å². The fraction of sp³-hybridized carbons (Fsp3) is 0.852. The van der Waals surface area contributed by atoms with Crippen LogP contribution in [-0.2, 0) is 19.0 Å². The van der Waals surface area contributed by atoms with Crippen LogP contribution < -0.4 is 22.5 Å². The summed E-state index contributed by atoms with van der Waals surface area (Å²) in [6.45, 7) is 5.57. The zero-order valence-electron chi connectivity index (χ0n) is 23.2. The smallest absolute Gasteiger partial charge is 0.184 e. The Morgan fingerprint density at radius 3 is 2.56 bits per heavy atom. The van der Waals surface area contributed by atoms with Crippen molar-refractivity contribution < 1.29 is 39.4 Å². The molecule has 12 heteroatoms. The first-order valence-corrected chi connectivity index (χ1v) is 14.1. The maximum absolute atomic E-state index is 11.7. The summed E-state index contributed by atoms with van der Waals surface area (Å²) in [5, 5.41) is 46.6. The molecule has 1 saturated heterocycles. The van der Waals surface area contributed by atoms with Gasteiger partial charge in [0.25, 0.3) is 0 Å². The molecule has 12 atom stereocenters. The summed E-state index contributed by atoms with van der Waals surface area (Å²) in [6, 6.07) is -1.69. The van der Waals surface area contributed by atoms with Crippen molar-refractivity contribution in [1.29, 1.82) is 0 Å². The highest BCUT2D eigenvalue weighted by Gasteiger charge is 2.51. The predicted octanol–water partition coefficient (Wildman–Crippen LogP) is -1.45. The first-order valence-electron chi connectivity index (χ1n) is 14.1. The molecular formula is C27H48N4O8. The Morgan fingerprint density at radius 2 is 1.95 bits per heavy atom. The van der Waals surface area contributed by atoms with Crippen molar-refractivity contribution in [3.8, 4) is 0 Å². The van der Waals surface area contributed by atoms with Crippen LogP contribution in [0.15, 0.2) is 17.3 Å². The number of hydrogen-bond donors (Lipinski definition) is 8. The minimum absolute atomic E-state index is 0.0780. The molecule has 1 aliphatic heterocycles. The Balaban J connectivity index is 1.86. The summed E-state index contributed by atoms with van der Waals surface area (Å²) < 4.78 is 18.2. The van der Waals surface area contributed by atoms with E-state index in [1.165, 1.54) is 5.57 Å². The fourth-order valence-corrected chi connectivity index (χ4v) is 5.99. The SMILES string of the molecule is CCC1=CC[C@@H](N)[C@@H](O[C@H]2[C@H](O)[C@@H](O[C@H]3OC[C@](C)(O)[C@H](CC)[C@H]3O)[C@H](NC(=C=O)[C@@H](O)CCN)C[C@@H]2N)C1. The van der Waals surface area contributed by atoms with E-state index in [1.807, 2.05) is 6.92 Å². The molecule has 224 valence electrons. The van der Waals surface area contributed by atoms with Crippen LogP contribution in [0.1, 0.15) is 59.3 Å². The summed E-state index contributed by atoms with van der Waals surface area (Å²) >= 11 is 0. The van der Waals surface area contributed by atoms with Crippen LogP contribution in [0.25, 0.3) is 0 Å². The lowest BCUT2D eigenvalue weighted by atomic mass is 9.80. The lowest BCUT2D eigenvalue weighted by molar-refractivity contribution is -0.310. The number of nitrogens with one attached hydrogen (secondary N) is 1. The molecule has 0 amide bonds. The second-order valence-electron chi connectivity index (χ2n) is 11.4. The Labute approximate surface area is 230 Å². The van der Waals surface area contributed by atoms with Crippen LogP contribution >= 0.6 is 0 Å². The average molecular weight is 557 g/mol.